The van der Waals surface area contributed by atoms with Crippen LogP contribution in [0.1, 0.15) is 69.3 Å². The van der Waals surface area contributed by atoms with E-state index < -0.39 is 5.97 Å². The molecule has 0 atom stereocenters. The summed E-state index contributed by atoms with van der Waals surface area (Å²) >= 11 is 4.77. The molecule has 1 aromatic carbocycles. The van der Waals surface area contributed by atoms with E-state index in [1.165, 1.54) is 16.9 Å². The van der Waals surface area contributed by atoms with Gasteiger partial charge < -0.3 is 19.1 Å². The zero-order chi connectivity index (χ0) is 31.6. The van der Waals surface area contributed by atoms with Gasteiger partial charge in [0.05, 0.1) is 42.0 Å². The first-order chi connectivity index (χ1) is 20.9. The second kappa shape index (κ2) is 20.0. The molecule has 1 aliphatic rings. The molecule has 0 bridgehead atoms. The Bertz CT molecular complexity index is 1400. The van der Waals surface area contributed by atoms with Crippen LogP contribution in [-0.2, 0) is 17.8 Å². The molecule has 0 unspecified atom stereocenters. The Morgan fingerprint density at radius 1 is 1.26 bits per heavy atom. The number of carboxylic acid groups (broad SMARTS) is 1. The molecule has 3 heterocycles. The van der Waals surface area contributed by atoms with Crippen molar-refractivity contribution in [3.05, 3.63) is 69.6 Å². The van der Waals surface area contributed by atoms with Gasteiger partial charge >= 0.3 is 5.97 Å². The highest BCUT2D eigenvalue weighted by molar-refractivity contribution is 9.11. The first-order valence-corrected chi connectivity index (χ1v) is 16.3. The van der Waals surface area contributed by atoms with Gasteiger partial charge in [-0.05, 0) is 73.1 Å². The summed E-state index contributed by atoms with van der Waals surface area (Å²) in [5.41, 5.74) is 4.17. The van der Waals surface area contributed by atoms with Gasteiger partial charge in [-0.2, -0.15) is 0 Å². The monoisotopic (exact) mass is 673 g/mol. The van der Waals surface area contributed by atoms with Crippen LogP contribution in [0, 0.1) is 0 Å². The van der Waals surface area contributed by atoms with Crippen LogP contribution >= 0.6 is 27.3 Å². The van der Waals surface area contributed by atoms with E-state index in [-0.39, 0.29) is 5.56 Å². The number of carboxylic acids is 1. The van der Waals surface area contributed by atoms with Crippen molar-refractivity contribution in [2.24, 2.45) is 4.99 Å². The lowest BCUT2D eigenvalue weighted by Gasteiger charge is -2.25. The number of aliphatic imine (C=N–C) groups is 1. The number of rotatable bonds is 13. The number of aromatic carboxylic acids is 1. The molecule has 11 heteroatoms. The van der Waals surface area contributed by atoms with E-state index >= 15 is 0 Å². The second-order valence-electron chi connectivity index (χ2n) is 9.14. The fraction of sp³-hybridized carbons (Fsp3) is 0.438. The number of thiazole rings is 1. The van der Waals surface area contributed by atoms with Crippen molar-refractivity contribution in [1.82, 2.24) is 19.4 Å². The van der Waals surface area contributed by atoms with Gasteiger partial charge in [0.15, 0.2) is 0 Å². The van der Waals surface area contributed by atoms with Crippen molar-refractivity contribution in [2.45, 2.75) is 60.5 Å². The van der Waals surface area contributed by atoms with E-state index in [9.17, 15) is 9.90 Å². The lowest BCUT2D eigenvalue weighted by molar-refractivity contribution is 0.0697. The van der Waals surface area contributed by atoms with Gasteiger partial charge in [0, 0.05) is 42.3 Å². The predicted octanol–water partition coefficient (Wildman–Crippen LogP) is 7.83. The summed E-state index contributed by atoms with van der Waals surface area (Å²) in [6.07, 6.45) is 9.57. The van der Waals surface area contributed by atoms with Gasteiger partial charge in [0.1, 0.15) is 5.82 Å². The lowest BCUT2D eigenvalue weighted by atomic mass is 10.1. The van der Waals surface area contributed by atoms with Crippen molar-refractivity contribution in [2.75, 3.05) is 32.9 Å². The lowest BCUT2D eigenvalue weighted by Crippen LogP contribution is -2.29. The van der Waals surface area contributed by atoms with Crippen molar-refractivity contribution >= 4 is 56.6 Å². The van der Waals surface area contributed by atoms with Gasteiger partial charge in [-0.3, -0.25) is 9.89 Å². The molecule has 4 rings (SSSR count). The number of nitrogens with zero attached hydrogens (tertiary/aromatic N) is 5. The summed E-state index contributed by atoms with van der Waals surface area (Å²) in [5, 5.41) is 12.2. The molecule has 43 heavy (non-hydrogen) atoms. The molecule has 234 valence electrons. The minimum Gasteiger partial charge on any atom is -0.478 e. The molecule has 0 fully saturated rings. The van der Waals surface area contributed by atoms with Gasteiger partial charge in [-0.25, -0.2) is 14.8 Å². The summed E-state index contributed by atoms with van der Waals surface area (Å²) in [4.78, 5) is 26.8. The van der Waals surface area contributed by atoms with Crippen LogP contribution in [0.15, 0.2) is 57.5 Å². The molecule has 0 aliphatic carbocycles. The maximum Gasteiger partial charge on any atom is 0.335 e. The number of aromatic nitrogens is 3. The maximum atomic E-state index is 11.5. The van der Waals surface area contributed by atoms with Crippen molar-refractivity contribution in [3.8, 4) is 5.19 Å². The van der Waals surface area contributed by atoms with E-state index in [0.717, 1.165) is 58.2 Å². The molecule has 3 aromatic rings. The third kappa shape index (κ3) is 11.5. The average Bonchev–Trinajstić information content (AvgIpc) is 3.61. The molecule has 2 aromatic heterocycles. The third-order valence-electron chi connectivity index (χ3n) is 6.16. The summed E-state index contributed by atoms with van der Waals surface area (Å²) in [7, 11) is 0. The normalized spacial score (nSPS) is 13.6. The molecule has 0 spiro atoms. The molecular formula is C32H44BrN5O4S. The van der Waals surface area contributed by atoms with Crippen molar-refractivity contribution in [1.29, 1.82) is 0 Å². The minimum absolute atomic E-state index is 0.268. The first kappa shape index (κ1) is 36.1. The Balaban J connectivity index is 0.000000561. The van der Waals surface area contributed by atoms with Crippen molar-refractivity contribution < 1.29 is 19.4 Å². The minimum atomic E-state index is -0.934. The largest absolute Gasteiger partial charge is 0.478 e. The summed E-state index contributed by atoms with van der Waals surface area (Å²) < 4.78 is 14.3. The van der Waals surface area contributed by atoms with Gasteiger partial charge in [0.2, 0.25) is 0 Å². The van der Waals surface area contributed by atoms with Gasteiger partial charge in [-0.15, -0.1) is 0 Å². The number of carbonyl (C=O) groups is 1. The summed E-state index contributed by atoms with van der Waals surface area (Å²) in [5.74, 6) is -0.00607. The molecule has 0 saturated heterocycles. The Labute approximate surface area is 267 Å². The standard InChI is InChI=1S/C24H30N4O4S.C6H8BrN.C2H6/c1-3-12-31-13-11-28-21-14-18(23(29)30)5-6-19(21)25-22(28)15-27-9-7-17(8-10-27)20-16-33-24(26-20)32-4-2;1-3-4-6(7)5-8-2;1-2/h5-7,14,16H,3-4,8-13,15H2,1-2H3,(H,29,30);3-5H,2H2,1H3;1-2H3/b;4-3-,6-5+;. The van der Waals surface area contributed by atoms with E-state index in [1.54, 1.807) is 24.4 Å². The zero-order valence-electron chi connectivity index (χ0n) is 25.9. The predicted molar refractivity (Wildman–Crippen MR) is 182 cm³/mol. The van der Waals surface area contributed by atoms with Gasteiger partial charge in [0.25, 0.3) is 5.19 Å². The average molecular weight is 675 g/mol. The molecule has 0 radical (unpaired) electrons. The molecule has 1 aliphatic heterocycles. The topological polar surface area (TPSA) is 102 Å². The zero-order valence-corrected chi connectivity index (χ0v) is 28.3. The number of benzene rings is 1. The smallest absolute Gasteiger partial charge is 0.335 e. The summed E-state index contributed by atoms with van der Waals surface area (Å²) in [6, 6.07) is 5.11. The molecule has 0 saturated carbocycles. The molecule has 0 amide bonds. The Morgan fingerprint density at radius 3 is 2.67 bits per heavy atom. The number of hydrogen-bond donors (Lipinski definition) is 1. The van der Waals surface area contributed by atoms with E-state index in [1.807, 2.05) is 39.8 Å². The highest BCUT2D eigenvalue weighted by Crippen LogP contribution is 2.28. The number of allylic oxidation sites excluding steroid dienone is 3. The van der Waals surface area contributed by atoms with Crippen molar-refractivity contribution in [3.63, 3.8) is 0 Å². The van der Waals surface area contributed by atoms with E-state index in [0.29, 0.717) is 32.9 Å². The van der Waals surface area contributed by atoms with Crippen LogP contribution in [0.4, 0.5) is 0 Å². The number of hydrogen-bond acceptors (Lipinski definition) is 8. The Morgan fingerprint density at radius 2 is 2.05 bits per heavy atom. The highest BCUT2D eigenvalue weighted by Gasteiger charge is 2.19. The van der Waals surface area contributed by atoms with Gasteiger partial charge in [-0.1, -0.05) is 50.3 Å². The number of halogens is 1. The van der Waals surface area contributed by atoms with E-state index in [2.05, 4.69) is 60.5 Å². The van der Waals surface area contributed by atoms with Crippen LogP contribution in [0.2, 0.25) is 0 Å². The maximum absolute atomic E-state index is 11.5. The fourth-order valence-corrected chi connectivity index (χ4v) is 5.41. The number of imidazole rings is 1. The van der Waals surface area contributed by atoms with E-state index in [4.69, 9.17) is 14.5 Å². The van der Waals surface area contributed by atoms with Crippen LogP contribution < -0.4 is 4.74 Å². The van der Waals surface area contributed by atoms with Crippen LogP contribution in [0.25, 0.3) is 16.6 Å². The quantitative estimate of drug-likeness (QED) is 0.112. The fourth-order valence-electron chi connectivity index (χ4n) is 4.25. The molecular weight excluding hydrogens is 630 g/mol. The Hall–Kier alpha value is -3.12. The highest BCUT2D eigenvalue weighted by atomic mass is 79.9. The SMILES string of the molecule is C=N/C=C(Br)\C=C/C.CC.CCCOCCn1c(CN2CC=C(c3csc(OCC)n3)CC2)nc2ccc(C(=O)O)cc21. The third-order valence-corrected chi connectivity index (χ3v) is 7.38. The Kier molecular flexibility index (Phi) is 16.7. The second-order valence-corrected chi connectivity index (χ2v) is 10.9. The number of fused-ring (bicyclic) bond motifs is 1. The molecule has 9 nitrogen and oxygen atoms in total. The first-order valence-electron chi connectivity index (χ1n) is 14.6. The molecule has 1 N–H and O–H groups in total. The van der Waals surface area contributed by atoms with Crippen LogP contribution in [0.3, 0.4) is 0 Å². The number of ether oxygens (including phenoxy) is 2. The summed E-state index contributed by atoms with van der Waals surface area (Å²) in [6.45, 7) is 18.2. The van der Waals surface area contributed by atoms with Crippen LogP contribution in [0.5, 0.6) is 5.19 Å². The van der Waals surface area contributed by atoms with Crippen LogP contribution in [-0.4, -0.2) is 70.1 Å².